The number of hydrogen-bond donors (Lipinski definition) is 1. The van der Waals surface area contributed by atoms with Gasteiger partial charge in [0.1, 0.15) is 19.0 Å². The molecule has 0 aromatic heterocycles. The minimum absolute atomic E-state index is 0.0522. The first-order chi connectivity index (χ1) is 8.44. The Morgan fingerprint density at radius 3 is 2.56 bits per heavy atom. The molecule has 1 aromatic carbocycles. The molecule has 0 saturated heterocycles. The van der Waals surface area contributed by atoms with Crippen molar-refractivity contribution < 1.29 is 27.8 Å². The predicted octanol–water partition coefficient (Wildman–Crippen LogP) is 2.79. The van der Waals surface area contributed by atoms with Gasteiger partial charge in [-0.3, -0.25) is 0 Å². The van der Waals surface area contributed by atoms with Crippen LogP contribution in [-0.4, -0.2) is 31.1 Å². The van der Waals surface area contributed by atoms with E-state index in [0.29, 0.717) is 16.3 Å². The second-order valence-corrected chi connectivity index (χ2v) is 3.80. The Bertz CT molecular complexity index is 382. The van der Waals surface area contributed by atoms with Crippen molar-refractivity contribution in [1.29, 1.82) is 0 Å². The van der Waals surface area contributed by atoms with Crippen molar-refractivity contribution in [1.82, 2.24) is 0 Å². The number of hydrogen-bond acceptors (Lipinski definition) is 3. The van der Waals surface area contributed by atoms with Crippen LogP contribution in [0.2, 0.25) is 5.02 Å². The molecule has 0 heterocycles. The lowest BCUT2D eigenvalue weighted by molar-refractivity contribution is -0.175. The smallest absolute Gasteiger partial charge is 0.411 e. The van der Waals surface area contributed by atoms with Crippen molar-refractivity contribution in [3.63, 3.8) is 0 Å². The van der Waals surface area contributed by atoms with E-state index in [4.69, 9.17) is 21.4 Å². The van der Waals surface area contributed by atoms with Gasteiger partial charge in [-0.15, -0.1) is 0 Å². The molecule has 3 nitrogen and oxygen atoms in total. The van der Waals surface area contributed by atoms with Crippen LogP contribution in [0.1, 0.15) is 5.56 Å². The van der Waals surface area contributed by atoms with E-state index in [1.165, 1.54) is 0 Å². The lowest BCUT2D eigenvalue weighted by Crippen LogP contribution is -2.19. The molecule has 18 heavy (non-hydrogen) atoms. The molecular formula is C11H12ClF3O3. The van der Waals surface area contributed by atoms with Gasteiger partial charge in [0.2, 0.25) is 0 Å². The van der Waals surface area contributed by atoms with Crippen molar-refractivity contribution >= 4 is 11.6 Å². The van der Waals surface area contributed by atoms with E-state index in [9.17, 15) is 13.2 Å². The van der Waals surface area contributed by atoms with Crippen molar-refractivity contribution in [3.8, 4) is 5.75 Å². The first-order valence-corrected chi connectivity index (χ1v) is 5.47. The average molecular weight is 285 g/mol. The SMILES string of the molecule is OCc1c(Cl)cccc1OCCOCC(F)(F)F. The van der Waals surface area contributed by atoms with Crippen LogP contribution in [0.5, 0.6) is 5.75 Å². The molecule has 0 atom stereocenters. The van der Waals surface area contributed by atoms with Crippen molar-refractivity contribution in [2.75, 3.05) is 19.8 Å². The topological polar surface area (TPSA) is 38.7 Å². The van der Waals surface area contributed by atoms with Crippen LogP contribution in [0.4, 0.5) is 13.2 Å². The maximum Gasteiger partial charge on any atom is 0.411 e. The number of aliphatic hydroxyl groups excluding tert-OH is 1. The molecular weight excluding hydrogens is 273 g/mol. The van der Waals surface area contributed by atoms with E-state index in [0.717, 1.165) is 0 Å². The molecule has 0 aliphatic heterocycles. The fraction of sp³-hybridized carbons (Fsp3) is 0.455. The molecule has 0 aliphatic rings. The number of halogens is 4. The summed E-state index contributed by atoms with van der Waals surface area (Å²) in [7, 11) is 0. The zero-order valence-electron chi connectivity index (χ0n) is 9.34. The van der Waals surface area contributed by atoms with Gasteiger partial charge in [-0.2, -0.15) is 13.2 Å². The number of alkyl halides is 3. The highest BCUT2D eigenvalue weighted by molar-refractivity contribution is 6.31. The second-order valence-electron chi connectivity index (χ2n) is 3.39. The summed E-state index contributed by atoms with van der Waals surface area (Å²) in [5, 5.41) is 9.40. The molecule has 0 spiro atoms. The van der Waals surface area contributed by atoms with Crippen LogP contribution < -0.4 is 4.74 Å². The number of benzene rings is 1. The maximum absolute atomic E-state index is 11.8. The van der Waals surface area contributed by atoms with E-state index >= 15 is 0 Å². The van der Waals surface area contributed by atoms with Crippen LogP contribution in [0.15, 0.2) is 18.2 Å². The number of ether oxygens (including phenoxy) is 2. The fourth-order valence-electron chi connectivity index (χ4n) is 1.23. The van der Waals surface area contributed by atoms with E-state index in [1.807, 2.05) is 0 Å². The van der Waals surface area contributed by atoms with Gasteiger partial charge in [0.05, 0.1) is 13.2 Å². The molecule has 0 aliphatic carbocycles. The van der Waals surface area contributed by atoms with Crippen LogP contribution in [0, 0.1) is 0 Å². The van der Waals surface area contributed by atoms with Crippen molar-refractivity contribution in [2.45, 2.75) is 12.8 Å². The number of aliphatic hydroxyl groups is 1. The molecule has 0 unspecified atom stereocenters. The van der Waals surface area contributed by atoms with E-state index < -0.39 is 12.8 Å². The third-order valence-corrected chi connectivity index (χ3v) is 2.34. The van der Waals surface area contributed by atoms with Gasteiger partial charge in [0, 0.05) is 10.6 Å². The monoisotopic (exact) mass is 284 g/mol. The van der Waals surface area contributed by atoms with Crippen molar-refractivity contribution in [2.24, 2.45) is 0 Å². The minimum atomic E-state index is -4.34. The molecule has 0 saturated carbocycles. The minimum Gasteiger partial charge on any atom is -0.491 e. The fourth-order valence-corrected chi connectivity index (χ4v) is 1.45. The molecule has 0 radical (unpaired) electrons. The summed E-state index contributed by atoms with van der Waals surface area (Å²) in [6.07, 6.45) is -4.34. The normalized spacial score (nSPS) is 11.6. The third-order valence-electron chi connectivity index (χ3n) is 1.98. The Balaban J connectivity index is 2.38. The van der Waals surface area contributed by atoms with E-state index in [-0.39, 0.29) is 19.8 Å². The Morgan fingerprint density at radius 2 is 1.94 bits per heavy atom. The third kappa shape index (κ3) is 5.12. The van der Waals surface area contributed by atoms with Gasteiger partial charge in [-0.1, -0.05) is 17.7 Å². The Hall–Kier alpha value is -0.980. The summed E-state index contributed by atoms with van der Waals surface area (Å²) < 4.78 is 44.8. The van der Waals surface area contributed by atoms with Crippen LogP contribution in [0.3, 0.4) is 0 Å². The van der Waals surface area contributed by atoms with Crippen LogP contribution in [0.25, 0.3) is 0 Å². The maximum atomic E-state index is 11.8. The highest BCUT2D eigenvalue weighted by atomic mass is 35.5. The molecule has 1 aromatic rings. The molecule has 0 bridgehead atoms. The van der Waals surface area contributed by atoms with Gasteiger partial charge in [0.15, 0.2) is 0 Å². The number of rotatable bonds is 6. The lowest BCUT2D eigenvalue weighted by atomic mass is 10.2. The highest BCUT2D eigenvalue weighted by Gasteiger charge is 2.27. The molecule has 0 amide bonds. The zero-order valence-corrected chi connectivity index (χ0v) is 10.1. The summed E-state index contributed by atoms with van der Waals surface area (Å²) in [4.78, 5) is 0. The largest absolute Gasteiger partial charge is 0.491 e. The lowest BCUT2D eigenvalue weighted by Gasteiger charge is -2.12. The van der Waals surface area contributed by atoms with Gasteiger partial charge < -0.3 is 14.6 Å². The zero-order chi connectivity index (χ0) is 13.6. The first kappa shape index (κ1) is 15.1. The average Bonchev–Trinajstić information content (AvgIpc) is 2.27. The summed E-state index contributed by atoms with van der Waals surface area (Å²) in [6.45, 7) is -1.86. The summed E-state index contributed by atoms with van der Waals surface area (Å²) in [5.74, 6) is 0.334. The van der Waals surface area contributed by atoms with Crippen LogP contribution >= 0.6 is 11.6 Å². The Morgan fingerprint density at radius 1 is 1.22 bits per heavy atom. The Kier molecular flexibility index (Phi) is 5.71. The quantitative estimate of drug-likeness (QED) is 0.817. The molecule has 1 rings (SSSR count). The summed E-state index contributed by atoms with van der Waals surface area (Å²) in [5.41, 5.74) is 0.398. The standard InChI is InChI=1S/C11H12ClF3O3/c12-9-2-1-3-10(8(9)6-16)18-5-4-17-7-11(13,14)15/h1-3,16H,4-7H2. The Labute approximate surface area is 107 Å². The molecule has 7 heteroatoms. The van der Waals surface area contributed by atoms with Gasteiger partial charge >= 0.3 is 6.18 Å². The summed E-state index contributed by atoms with van der Waals surface area (Å²) >= 11 is 5.81. The van der Waals surface area contributed by atoms with Crippen molar-refractivity contribution in [3.05, 3.63) is 28.8 Å². The van der Waals surface area contributed by atoms with Gasteiger partial charge in [-0.05, 0) is 12.1 Å². The molecule has 1 N–H and O–H groups in total. The highest BCUT2D eigenvalue weighted by Crippen LogP contribution is 2.26. The van der Waals surface area contributed by atoms with E-state index in [1.54, 1.807) is 18.2 Å². The molecule has 102 valence electrons. The second kappa shape index (κ2) is 6.82. The first-order valence-electron chi connectivity index (χ1n) is 5.09. The van der Waals surface area contributed by atoms with E-state index in [2.05, 4.69) is 4.74 Å². The summed E-state index contributed by atoms with van der Waals surface area (Å²) in [6, 6.07) is 4.77. The van der Waals surface area contributed by atoms with Gasteiger partial charge in [-0.25, -0.2) is 0 Å². The van der Waals surface area contributed by atoms with Gasteiger partial charge in [0.25, 0.3) is 0 Å². The van der Waals surface area contributed by atoms with Crippen LogP contribution in [-0.2, 0) is 11.3 Å². The molecule has 0 fully saturated rings. The predicted molar refractivity (Wildman–Crippen MR) is 59.7 cm³/mol.